The van der Waals surface area contributed by atoms with Gasteiger partial charge in [0.15, 0.2) is 6.61 Å². The van der Waals surface area contributed by atoms with E-state index in [1.165, 1.54) is 0 Å². The number of carbonyl (C=O) groups is 1. The lowest BCUT2D eigenvalue weighted by Crippen LogP contribution is -2.21. The molecular formula is C21H21BrN2O2. The number of ether oxygens (including phenoxy) is 1. The van der Waals surface area contributed by atoms with E-state index in [0.717, 1.165) is 32.2 Å². The Balaban J connectivity index is 1.67. The van der Waals surface area contributed by atoms with Crippen molar-refractivity contribution in [2.24, 2.45) is 0 Å². The number of aryl methyl sites for hydroxylation is 1. The largest absolute Gasteiger partial charge is 0.483 e. The van der Waals surface area contributed by atoms with Crippen LogP contribution in [-0.4, -0.2) is 26.6 Å². The molecule has 0 bridgehead atoms. The molecule has 0 aliphatic heterocycles. The van der Waals surface area contributed by atoms with E-state index in [2.05, 4.69) is 21.2 Å². The number of amides is 1. The molecule has 1 amide bonds. The van der Waals surface area contributed by atoms with Crippen LogP contribution in [0.3, 0.4) is 0 Å². The molecule has 3 aromatic rings. The number of nitrogens with zero attached hydrogens (tertiary/aromatic N) is 1. The van der Waals surface area contributed by atoms with Crippen molar-refractivity contribution in [1.29, 1.82) is 0 Å². The van der Waals surface area contributed by atoms with E-state index in [4.69, 9.17) is 4.74 Å². The fraction of sp³-hybridized carbons (Fsp3) is 0.190. The Morgan fingerprint density at radius 2 is 1.88 bits per heavy atom. The number of halogens is 1. The zero-order chi connectivity index (χ0) is 18.7. The monoisotopic (exact) mass is 412 g/mol. The first-order valence-corrected chi connectivity index (χ1v) is 9.13. The maximum Gasteiger partial charge on any atom is 0.262 e. The van der Waals surface area contributed by atoms with Crippen molar-refractivity contribution >= 4 is 44.0 Å². The molecule has 134 valence electrons. The predicted molar refractivity (Wildman–Crippen MR) is 111 cm³/mol. The number of hydrogen-bond donors (Lipinski definition) is 1. The Morgan fingerprint density at radius 1 is 1.12 bits per heavy atom. The van der Waals surface area contributed by atoms with E-state index < -0.39 is 0 Å². The third-order valence-corrected chi connectivity index (χ3v) is 5.01. The predicted octanol–water partition coefficient (Wildman–Crippen LogP) is 4.99. The molecule has 1 N–H and O–H groups in total. The molecule has 0 radical (unpaired) electrons. The highest BCUT2D eigenvalue weighted by molar-refractivity contribution is 9.10. The third kappa shape index (κ3) is 3.99. The van der Waals surface area contributed by atoms with Gasteiger partial charge in [-0.05, 0) is 63.5 Å². The zero-order valence-corrected chi connectivity index (χ0v) is 16.6. The van der Waals surface area contributed by atoms with Crippen LogP contribution in [0, 0.1) is 6.92 Å². The minimum atomic E-state index is -0.189. The molecule has 0 saturated carbocycles. The molecule has 0 unspecified atom stereocenters. The van der Waals surface area contributed by atoms with Crippen LogP contribution in [0.15, 0.2) is 59.1 Å². The summed E-state index contributed by atoms with van der Waals surface area (Å²) in [5.74, 6) is 0.462. The average molecular weight is 413 g/mol. The lowest BCUT2D eigenvalue weighted by molar-refractivity contribution is -0.118. The number of fused-ring (bicyclic) bond motifs is 1. The van der Waals surface area contributed by atoms with Gasteiger partial charge in [0, 0.05) is 25.5 Å². The van der Waals surface area contributed by atoms with E-state index in [0.29, 0.717) is 5.75 Å². The van der Waals surface area contributed by atoms with Crippen molar-refractivity contribution in [2.75, 3.05) is 30.9 Å². The van der Waals surface area contributed by atoms with E-state index in [1.807, 2.05) is 80.5 Å². The summed E-state index contributed by atoms with van der Waals surface area (Å²) in [5.41, 5.74) is 2.90. The van der Waals surface area contributed by atoms with Gasteiger partial charge >= 0.3 is 0 Å². The number of benzene rings is 3. The Morgan fingerprint density at radius 3 is 2.62 bits per heavy atom. The third-order valence-electron chi connectivity index (χ3n) is 4.19. The van der Waals surface area contributed by atoms with Gasteiger partial charge in [-0.3, -0.25) is 4.79 Å². The molecule has 0 aromatic heterocycles. The number of hydrogen-bond acceptors (Lipinski definition) is 3. The molecule has 0 aliphatic rings. The van der Waals surface area contributed by atoms with Crippen LogP contribution in [0.25, 0.3) is 10.8 Å². The number of rotatable bonds is 5. The Labute approximate surface area is 161 Å². The normalized spacial score (nSPS) is 10.6. The highest BCUT2D eigenvalue weighted by atomic mass is 79.9. The topological polar surface area (TPSA) is 41.6 Å². The summed E-state index contributed by atoms with van der Waals surface area (Å²) in [4.78, 5) is 14.3. The Hall–Kier alpha value is -2.53. The standard InChI is InChI=1S/C21H21BrN2O2/c1-14-12-16(24(2)3)9-10-18(14)23-20(25)13-26-19-11-8-15-6-4-5-7-17(15)21(19)22/h4-12H,13H2,1-3H3,(H,23,25). The minimum absolute atomic E-state index is 0.0498. The van der Waals surface area contributed by atoms with Gasteiger partial charge in [-0.2, -0.15) is 0 Å². The van der Waals surface area contributed by atoms with Crippen LogP contribution in [0.4, 0.5) is 11.4 Å². The summed E-state index contributed by atoms with van der Waals surface area (Å²) < 4.78 is 6.57. The summed E-state index contributed by atoms with van der Waals surface area (Å²) in [6.45, 7) is 1.93. The van der Waals surface area contributed by atoms with Crippen LogP contribution in [-0.2, 0) is 4.79 Å². The molecule has 3 aromatic carbocycles. The van der Waals surface area contributed by atoms with Crippen molar-refractivity contribution in [3.8, 4) is 5.75 Å². The van der Waals surface area contributed by atoms with Gasteiger partial charge in [-0.25, -0.2) is 0 Å². The summed E-state index contributed by atoms with van der Waals surface area (Å²) in [6, 6.07) is 17.8. The molecule has 4 nitrogen and oxygen atoms in total. The van der Waals surface area contributed by atoms with Crippen LogP contribution in [0.2, 0.25) is 0 Å². The average Bonchev–Trinajstić information content (AvgIpc) is 2.63. The number of nitrogens with one attached hydrogen (secondary N) is 1. The van der Waals surface area contributed by atoms with Crippen LogP contribution < -0.4 is 15.0 Å². The summed E-state index contributed by atoms with van der Waals surface area (Å²) in [5, 5.41) is 5.08. The SMILES string of the molecule is Cc1cc(N(C)C)ccc1NC(=O)COc1ccc2ccccc2c1Br. The van der Waals surface area contributed by atoms with Crippen molar-refractivity contribution in [3.63, 3.8) is 0 Å². The molecule has 26 heavy (non-hydrogen) atoms. The van der Waals surface area contributed by atoms with Crippen molar-refractivity contribution in [2.45, 2.75) is 6.92 Å². The highest BCUT2D eigenvalue weighted by Gasteiger charge is 2.10. The molecule has 0 spiro atoms. The first kappa shape index (κ1) is 18.3. The second-order valence-electron chi connectivity index (χ2n) is 6.33. The second kappa shape index (κ2) is 7.79. The molecule has 0 fully saturated rings. The van der Waals surface area contributed by atoms with Gasteiger partial charge in [0.25, 0.3) is 5.91 Å². The van der Waals surface area contributed by atoms with E-state index in [1.54, 1.807) is 0 Å². The summed E-state index contributed by atoms with van der Waals surface area (Å²) >= 11 is 3.57. The fourth-order valence-electron chi connectivity index (χ4n) is 2.72. The Bertz CT molecular complexity index is 954. The zero-order valence-electron chi connectivity index (χ0n) is 15.0. The van der Waals surface area contributed by atoms with Crippen LogP contribution in [0.1, 0.15) is 5.56 Å². The first-order valence-electron chi connectivity index (χ1n) is 8.33. The van der Waals surface area contributed by atoms with Crippen LogP contribution >= 0.6 is 15.9 Å². The molecule has 0 atom stereocenters. The van der Waals surface area contributed by atoms with Gasteiger partial charge in [-0.1, -0.05) is 30.3 Å². The van der Waals surface area contributed by atoms with E-state index in [9.17, 15) is 4.79 Å². The van der Waals surface area contributed by atoms with Crippen molar-refractivity contribution in [3.05, 3.63) is 64.6 Å². The van der Waals surface area contributed by atoms with E-state index >= 15 is 0 Å². The lowest BCUT2D eigenvalue weighted by atomic mass is 10.1. The maximum atomic E-state index is 12.3. The number of carbonyl (C=O) groups excluding carboxylic acids is 1. The van der Waals surface area contributed by atoms with Crippen molar-refractivity contribution < 1.29 is 9.53 Å². The van der Waals surface area contributed by atoms with Crippen LogP contribution in [0.5, 0.6) is 5.75 Å². The minimum Gasteiger partial charge on any atom is -0.483 e. The molecule has 0 aliphatic carbocycles. The molecule has 0 saturated heterocycles. The van der Waals surface area contributed by atoms with Gasteiger partial charge in [-0.15, -0.1) is 0 Å². The molecular weight excluding hydrogens is 392 g/mol. The molecule has 0 heterocycles. The Kier molecular flexibility index (Phi) is 5.47. The highest BCUT2D eigenvalue weighted by Crippen LogP contribution is 2.33. The molecule has 3 rings (SSSR count). The smallest absolute Gasteiger partial charge is 0.262 e. The van der Waals surface area contributed by atoms with Gasteiger partial charge in [0.1, 0.15) is 5.75 Å². The quantitative estimate of drug-likeness (QED) is 0.641. The number of anilines is 2. The fourth-order valence-corrected chi connectivity index (χ4v) is 3.33. The van der Waals surface area contributed by atoms with Crippen molar-refractivity contribution in [1.82, 2.24) is 0 Å². The summed E-state index contributed by atoms with van der Waals surface area (Å²) in [6.07, 6.45) is 0. The second-order valence-corrected chi connectivity index (χ2v) is 7.12. The first-order chi connectivity index (χ1) is 12.5. The van der Waals surface area contributed by atoms with Gasteiger partial charge in [0.2, 0.25) is 0 Å². The van der Waals surface area contributed by atoms with E-state index in [-0.39, 0.29) is 12.5 Å². The van der Waals surface area contributed by atoms with Gasteiger partial charge in [0.05, 0.1) is 4.47 Å². The maximum absolute atomic E-state index is 12.3. The molecule has 5 heteroatoms. The summed E-state index contributed by atoms with van der Waals surface area (Å²) in [7, 11) is 3.98. The van der Waals surface area contributed by atoms with Gasteiger partial charge < -0.3 is 15.0 Å². The lowest BCUT2D eigenvalue weighted by Gasteiger charge is -2.16.